The lowest BCUT2D eigenvalue weighted by molar-refractivity contribution is 0.0949. The first kappa shape index (κ1) is 25.8. The predicted octanol–water partition coefficient (Wildman–Crippen LogP) is 5.82. The van der Waals surface area contributed by atoms with Crippen LogP contribution >= 0.6 is 11.6 Å². The number of nitrogens with zero attached hydrogens (tertiary/aromatic N) is 2. The Bertz CT molecular complexity index is 1450. The van der Waals surface area contributed by atoms with Gasteiger partial charge in [0.25, 0.3) is 11.5 Å². The maximum absolute atomic E-state index is 13.6. The summed E-state index contributed by atoms with van der Waals surface area (Å²) in [4.78, 5) is 26.2. The van der Waals surface area contributed by atoms with Gasteiger partial charge in [0.2, 0.25) is 0 Å². The second-order valence-corrected chi connectivity index (χ2v) is 9.10. The zero-order chi connectivity index (χ0) is 26.4. The molecule has 0 bridgehead atoms. The van der Waals surface area contributed by atoms with Crippen LogP contribution in [0.15, 0.2) is 83.8 Å². The number of carbonyl (C=O) groups is 1. The van der Waals surface area contributed by atoms with E-state index in [0.29, 0.717) is 45.9 Å². The summed E-state index contributed by atoms with van der Waals surface area (Å²) in [6.45, 7) is 4.61. The van der Waals surface area contributed by atoms with Gasteiger partial charge in [-0.15, -0.1) is 0 Å². The number of carbonyl (C=O) groups excluding carboxylic acids is 1. The molecule has 0 fully saturated rings. The Morgan fingerprint density at radius 2 is 1.76 bits per heavy atom. The molecule has 0 saturated heterocycles. The molecule has 0 aliphatic heterocycles. The van der Waals surface area contributed by atoms with Crippen LogP contribution < -0.4 is 25.7 Å². The molecule has 2 N–H and O–H groups in total. The summed E-state index contributed by atoms with van der Waals surface area (Å²) in [7, 11) is 1.58. The third kappa shape index (κ3) is 6.48. The summed E-state index contributed by atoms with van der Waals surface area (Å²) in [5, 5.41) is 10.8. The Hall–Kier alpha value is -4.30. The van der Waals surface area contributed by atoms with Crippen molar-refractivity contribution in [2.24, 2.45) is 5.92 Å². The van der Waals surface area contributed by atoms with E-state index in [-0.39, 0.29) is 17.3 Å². The van der Waals surface area contributed by atoms with E-state index in [1.165, 1.54) is 10.9 Å². The number of benzene rings is 3. The van der Waals surface area contributed by atoms with E-state index in [4.69, 9.17) is 21.1 Å². The standard InChI is InChI=1S/C28H27ClN4O4/c1-18(2)16-30-27(34)19-6-4-8-21(14-19)32-26-25(37-24-12-10-23(36-3)11-13-24)17-31-33(28(26)35)22-9-5-7-20(29)15-22/h4-15,17-18,32H,16H2,1-3H3,(H,30,34). The van der Waals surface area contributed by atoms with Crippen LogP contribution in [-0.2, 0) is 0 Å². The van der Waals surface area contributed by atoms with Crippen molar-refractivity contribution in [1.29, 1.82) is 0 Å². The summed E-state index contributed by atoms with van der Waals surface area (Å²) in [5.74, 6) is 1.51. The number of methoxy groups -OCH3 is 1. The van der Waals surface area contributed by atoms with Gasteiger partial charge in [-0.25, -0.2) is 0 Å². The molecule has 0 saturated carbocycles. The van der Waals surface area contributed by atoms with Crippen molar-refractivity contribution in [3.63, 3.8) is 0 Å². The van der Waals surface area contributed by atoms with E-state index < -0.39 is 5.56 Å². The van der Waals surface area contributed by atoms with Crippen molar-refractivity contribution in [2.45, 2.75) is 13.8 Å². The topological polar surface area (TPSA) is 94.5 Å². The first-order chi connectivity index (χ1) is 17.8. The number of aromatic nitrogens is 2. The third-order valence-corrected chi connectivity index (χ3v) is 5.58. The molecule has 190 valence electrons. The molecular formula is C28H27ClN4O4. The summed E-state index contributed by atoms with van der Waals surface area (Å²) in [6, 6.07) is 20.7. The molecule has 1 amide bonds. The molecule has 8 nitrogen and oxygen atoms in total. The van der Waals surface area contributed by atoms with Gasteiger partial charge in [0.15, 0.2) is 11.4 Å². The second kappa shape index (κ2) is 11.6. The molecule has 0 unspecified atom stereocenters. The number of rotatable bonds is 9. The fraction of sp³-hybridized carbons (Fsp3) is 0.179. The van der Waals surface area contributed by atoms with E-state index in [0.717, 1.165) is 0 Å². The normalized spacial score (nSPS) is 10.7. The van der Waals surface area contributed by atoms with Gasteiger partial charge >= 0.3 is 0 Å². The Balaban J connectivity index is 1.72. The monoisotopic (exact) mass is 518 g/mol. The molecule has 3 aromatic carbocycles. The van der Waals surface area contributed by atoms with Crippen molar-refractivity contribution in [1.82, 2.24) is 15.1 Å². The minimum Gasteiger partial charge on any atom is -0.497 e. The highest BCUT2D eigenvalue weighted by Crippen LogP contribution is 2.30. The lowest BCUT2D eigenvalue weighted by Gasteiger charge is -2.15. The molecule has 0 aliphatic rings. The number of halogens is 1. The van der Waals surface area contributed by atoms with Gasteiger partial charge < -0.3 is 20.1 Å². The molecule has 0 radical (unpaired) electrons. The van der Waals surface area contributed by atoms with Crippen molar-refractivity contribution in [2.75, 3.05) is 19.0 Å². The minimum absolute atomic E-state index is 0.144. The Morgan fingerprint density at radius 3 is 2.46 bits per heavy atom. The maximum atomic E-state index is 13.6. The highest BCUT2D eigenvalue weighted by atomic mass is 35.5. The van der Waals surface area contributed by atoms with E-state index >= 15 is 0 Å². The van der Waals surface area contributed by atoms with Gasteiger partial charge in [-0.3, -0.25) is 9.59 Å². The summed E-state index contributed by atoms with van der Waals surface area (Å²) in [5.41, 5.74) is 1.19. The van der Waals surface area contributed by atoms with Crippen LogP contribution in [-0.4, -0.2) is 29.3 Å². The molecular weight excluding hydrogens is 492 g/mol. The molecule has 0 aliphatic carbocycles. The van der Waals surface area contributed by atoms with Crippen molar-refractivity contribution >= 4 is 28.9 Å². The smallest absolute Gasteiger partial charge is 0.299 e. The average Bonchev–Trinajstić information content (AvgIpc) is 2.90. The number of anilines is 2. The van der Waals surface area contributed by atoms with Gasteiger partial charge in [0.1, 0.15) is 11.5 Å². The van der Waals surface area contributed by atoms with Crippen molar-refractivity contribution < 1.29 is 14.3 Å². The summed E-state index contributed by atoms with van der Waals surface area (Å²) >= 11 is 6.14. The van der Waals surface area contributed by atoms with Crippen LogP contribution in [0, 0.1) is 5.92 Å². The lowest BCUT2D eigenvalue weighted by atomic mass is 10.1. The lowest BCUT2D eigenvalue weighted by Crippen LogP contribution is -2.27. The quantitative estimate of drug-likeness (QED) is 0.290. The zero-order valence-corrected chi connectivity index (χ0v) is 21.5. The second-order valence-electron chi connectivity index (χ2n) is 8.67. The molecule has 0 atom stereocenters. The number of nitrogens with one attached hydrogen (secondary N) is 2. The molecule has 1 aromatic heterocycles. The third-order valence-electron chi connectivity index (χ3n) is 5.35. The van der Waals surface area contributed by atoms with Gasteiger partial charge in [-0.05, 0) is 66.6 Å². The zero-order valence-electron chi connectivity index (χ0n) is 20.7. The molecule has 4 aromatic rings. The van der Waals surface area contributed by atoms with Gasteiger partial charge in [-0.1, -0.05) is 37.6 Å². The molecule has 9 heteroatoms. The number of ether oxygens (including phenoxy) is 2. The first-order valence-electron chi connectivity index (χ1n) is 11.7. The Morgan fingerprint density at radius 1 is 1.03 bits per heavy atom. The van der Waals surface area contributed by atoms with Crippen molar-refractivity contribution in [3.05, 3.63) is 99.9 Å². The minimum atomic E-state index is -0.456. The van der Waals surface area contributed by atoms with Crippen LogP contribution in [0.3, 0.4) is 0 Å². The molecule has 37 heavy (non-hydrogen) atoms. The predicted molar refractivity (Wildman–Crippen MR) is 145 cm³/mol. The van der Waals surface area contributed by atoms with E-state index in [1.807, 2.05) is 13.8 Å². The number of hydrogen-bond donors (Lipinski definition) is 2. The summed E-state index contributed by atoms with van der Waals surface area (Å²) < 4.78 is 12.4. The molecule has 0 spiro atoms. The van der Waals surface area contributed by atoms with E-state index in [2.05, 4.69) is 15.7 Å². The largest absolute Gasteiger partial charge is 0.497 e. The Kier molecular flexibility index (Phi) is 8.10. The van der Waals surface area contributed by atoms with Crippen LogP contribution in [0.25, 0.3) is 5.69 Å². The van der Waals surface area contributed by atoms with E-state index in [1.54, 1.807) is 79.9 Å². The fourth-order valence-corrected chi connectivity index (χ4v) is 3.66. The fourth-order valence-electron chi connectivity index (χ4n) is 3.47. The molecule has 1 heterocycles. The highest BCUT2D eigenvalue weighted by molar-refractivity contribution is 6.30. The summed E-state index contributed by atoms with van der Waals surface area (Å²) in [6.07, 6.45) is 1.45. The van der Waals surface area contributed by atoms with Gasteiger partial charge in [0.05, 0.1) is 19.0 Å². The highest BCUT2D eigenvalue weighted by Gasteiger charge is 2.17. The number of hydrogen-bond acceptors (Lipinski definition) is 6. The Labute approximate surface area is 219 Å². The SMILES string of the molecule is COc1ccc(Oc2cnn(-c3cccc(Cl)c3)c(=O)c2Nc2cccc(C(=O)NCC(C)C)c2)cc1. The van der Waals surface area contributed by atoms with E-state index in [9.17, 15) is 9.59 Å². The average molecular weight is 519 g/mol. The van der Waals surface area contributed by atoms with Gasteiger partial charge in [0, 0.05) is 22.8 Å². The maximum Gasteiger partial charge on any atom is 0.299 e. The van der Waals surface area contributed by atoms with Crippen LogP contribution in [0.1, 0.15) is 24.2 Å². The first-order valence-corrected chi connectivity index (χ1v) is 12.1. The molecule has 4 rings (SSSR count). The van der Waals surface area contributed by atoms with Crippen LogP contribution in [0.5, 0.6) is 17.2 Å². The number of amides is 1. The van der Waals surface area contributed by atoms with Crippen LogP contribution in [0.4, 0.5) is 11.4 Å². The van der Waals surface area contributed by atoms with Crippen molar-refractivity contribution in [3.8, 4) is 22.9 Å². The van der Waals surface area contributed by atoms with Gasteiger partial charge in [-0.2, -0.15) is 9.78 Å². The van der Waals surface area contributed by atoms with Crippen LogP contribution in [0.2, 0.25) is 5.02 Å².